The minimum atomic E-state index is -1.83. The Balaban J connectivity index is 2.34. The van der Waals surface area contributed by atoms with E-state index in [1.807, 2.05) is 0 Å². The third-order valence-electron chi connectivity index (χ3n) is 3.31. The number of nitrogens with zero attached hydrogens (tertiary/aromatic N) is 2. The van der Waals surface area contributed by atoms with E-state index in [0.717, 1.165) is 0 Å². The number of aromatic nitrogens is 3. The van der Waals surface area contributed by atoms with Crippen molar-refractivity contribution in [3.8, 4) is 0 Å². The highest BCUT2D eigenvalue weighted by Gasteiger charge is 2.53. The first-order valence-corrected chi connectivity index (χ1v) is 5.24. The number of aliphatic hydroxyl groups excluding tert-OH is 4. The lowest BCUT2D eigenvalue weighted by Gasteiger charge is -2.44. The first kappa shape index (κ1) is 12.4. The molecule has 0 aliphatic heterocycles. The lowest BCUT2D eigenvalue weighted by Crippen LogP contribution is -2.59. The molecule has 1 heterocycles. The molecule has 2 rings (SSSR count). The van der Waals surface area contributed by atoms with Crippen LogP contribution in [-0.4, -0.2) is 65.9 Å². The zero-order chi connectivity index (χ0) is 12.6. The van der Waals surface area contributed by atoms with Crippen LogP contribution in [0.1, 0.15) is 12.1 Å². The van der Waals surface area contributed by atoms with Crippen LogP contribution in [0.4, 0.5) is 0 Å². The monoisotopic (exact) mass is 245 g/mol. The highest BCUT2D eigenvalue weighted by molar-refractivity contribution is 5.15. The summed E-state index contributed by atoms with van der Waals surface area (Å²) in [6.45, 7) is -0.412. The Morgan fingerprint density at radius 1 is 1.35 bits per heavy atom. The summed E-state index contributed by atoms with van der Waals surface area (Å²) >= 11 is 0. The molecule has 0 spiro atoms. The van der Waals surface area contributed by atoms with Gasteiger partial charge in [0.2, 0.25) is 0 Å². The van der Waals surface area contributed by atoms with E-state index < -0.39 is 36.4 Å². The fraction of sp³-hybridized carbons (Fsp3) is 0.778. The second-order valence-electron chi connectivity index (χ2n) is 4.35. The predicted molar refractivity (Wildman–Crippen MR) is 53.5 cm³/mol. The van der Waals surface area contributed by atoms with Crippen molar-refractivity contribution in [1.82, 2.24) is 15.4 Å². The van der Waals surface area contributed by atoms with Crippen LogP contribution in [0.15, 0.2) is 6.20 Å². The molecule has 8 heteroatoms. The fourth-order valence-electron chi connectivity index (χ4n) is 2.23. The molecule has 17 heavy (non-hydrogen) atoms. The van der Waals surface area contributed by atoms with Crippen LogP contribution in [0.25, 0.3) is 0 Å². The molecular formula is C9H15N3O5. The third-order valence-corrected chi connectivity index (χ3v) is 3.31. The van der Waals surface area contributed by atoms with Crippen LogP contribution in [-0.2, 0) is 5.60 Å². The Bertz CT molecular complexity index is 371. The van der Waals surface area contributed by atoms with E-state index in [2.05, 4.69) is 15.4 Å². The number of hydrogen-bond donors (Lipinski definition) is 6. The van der Waals surface area contributed by atoms with E-state index in [0.29, 0.717) is 0 Å². The smallest absolute Gasteiger partial charge is 0.139 e. The number of rotatable bonds is 2. The second kappa shape index (κ2) is 4.31. The Labute approximate surface area is 96.5 Å². The molecule has 0 bridgehead atoms. The van der Waals surface area contributed by atoms with Gasteiger partial charge in [-0.1, -0.05) is 0 Å². The quantitative estimate of drug-likeness (QED) is 0.328. The van der Waals surface area contributed by atoms with Gasteiger partial charge in [-0.2, -0.15) is 15.4 Å². The van der Waals surface area contributed by atoms with Crippen LogP contribution in [0, 0.1) is 5.92 Å². The number of H-pyrrole nitrogens is 1. The van der Waals surface area contributed by atoms with Crippen molar-refractivity contribution in [2.75, 3.05) is 6.61 Å². The number of hydrogen-bond acceptors (Lipinski definition) is 7. The Morgan fingerprint density at radius 3 is 2.59 bits per heavy atom. The molecule has 0 aromatic carbocycles. The van der Waals surface area contributed by atoms with Gasteiger partial charge in [0.05, 0.1) is 12.3 Å². The van der Waals surface area contributed by atoms with Gasteiger partial charge in [0.1, 0.15) is 23.5 Å². The maximum Gasteiger partial charge on any atom is 0.139 e. The molecule has 1 fully saturated rings. The Morgan fingerprint density at radius 2 is 2.06 bits per heavy atom. The topological polar surface area (TPSA) is 143 Å². The minimum absolute atomic E-state index is 0.0643. The molecule has 1 aromatic rings. The van der Waals surface area contributed by atoms with Crippen LogP contribution in [0.3, 0.4) is 0 Å². The van der Waals surface area contributed by atoms with E-state index >= 15 is 0 Å². The van der Waals surface area contributed by atoms with Crippen molar-refractivity contribution >= 4 is 0 Å². The van der Waals surface area contributed by atoms with Gasteiger partial charge in [-0.15, -0.1) is 0 Å². The summed E-state index contributed by atoms with van der Waals surface area (Å²) in [6, 6.07) is 0. The van der Waals surface area contributed by atoms with E-state index in [1.165, 1.54) is 6.20 Å². The molecule has 96 valence electrons. The lowest BCUT2D eigenvalue weighted by atomic mass is 9.71. The van der Waals surface area contributed by atoms with E-state index in [4.69, 9.17) is 5.11 Å². The molecule has 8 nitrogen and oxygen atoms in total. The first-order valence-electron chi connectivity index (χ1n) is 5.24. The van der Waals surface area contributed by atoms with Crippen LogP contribution < -0.4 is 0 Å². The van der Waals surface area contributed by atoms with Gasteiger partial charge in [-0.05, 0) is 6.42 Å². The van der Waals surface area contributed by atoms with Crippen LogP contribution in [0.2, 0.25) is 0 Å². The Kier molecular flexibility index (Phi) is 3.15. The van der Waals surface area contributed by atoms with Crippen molar-refractivity contribution < 1.29 is 25.5 Å². The summed E-state index contributed by atoms with van der Waals surface area (Å²) < 4.78 is 0. The van der Waals surface area contributed by atoms with Gasteiger partial charge < -0.3 is 25.5 Å². The number of nitrogens with one attached hydrogen (secondary N) is 1. The number of aromatic amines is 1. The molecule has 1 aliphatic rings. The fourth-order valence-corrected chi connectivity index (χ4v) is 2.23. The van der Waals surface area contributed by atoms with Gasteiger partial charge in [0.25, 0.3) is 0 Å². The van der Waals surface area contributed by atoms with Crippen molar-refractivity contribution in [3.63, 3.8) is 0 Å². The van der Waals surface area contributed by atoms with Gasteiger partial charge in [0.15, 0.2) is 0 Å². The zero-order valence-corrected chi connectivity index (χ0v) is 8.93. The summed E-state index contributed by atoms with van der Waals surface area (Å²) in [5.74, 6) is -0.741. The van der Waals surface area contributed by atoms with Gasteiger partial charge in [0, 0.05) is 12.5 Å². The Hall–Kier alpha value is -1.06. The molecule has 0 saturated heterocycles. The molecule has 1 saturated carbocycles. The second-order valence-corrected chi connectivity index (χ2v) is 4.35. The van der Waals surface area contributed by atoms with Crippen molar-refractivity contribution in [3.05, 3.63) is 11.9 Å². The molecular weight excluding hydrogens is 230 g/mol. The lowest BCUT2D eigenvalue weighted by molar-refractivity contribution is -0.214. The minimum Gasteiger partial charge on any atom is -0.396 e. The molecule has 1 aromatic heterocycles. The standard InChI is InChI=1S/C9H15N3O5/c13-3-4-1-9(17,5-2-10-12-11-5)8(16)7(15)6(4)14/h2,4,6-8,13-17H,1,3H2,(H,10,11,12)/t4-,6-,7+,8-,9-/m1/s1. The molecule has 0 radical (unpaired) electrons. The molecule has 1 aliphatic carbocycles. The van der Waals surface area contributed by atoms with Crippen LogP contribution in [0.5, 0.6) is 0 Å². The summed E-state index contributed by atoms with van der Waals surface area (Å²) in [7, 11) is 0. The van der Waals surface area contributed by atoms with Gasteiger partial charge in [-0.3, -0.25) is 0 Å². The SMILES string of the molecule is OC[C@H]1C[C@@](O)(c2cn[nH]n2)[C@H](O)[C@@H](O)[C@@H]1O. The average Bonchev–Trinajstić information content (AvgIpc) is 2.85. The number of aliphatic hydroxyl groups is 5. The highest BCUT2D eigenvalue weighted by atomic mass is 16.4. The first-order chi connectivity index (χ1) is 8.00. The van der Waals surface area contributed by atoms with Gasteiger partial charge >= 0.3 is 0 Å². The maximum atomic E-state index is 10.3. The van der Waals surface area contributed by atoms with Crippen molar-refractivity contribution in [2.45, 2.75) is 30.3 Å². The molecule has 0 unspecified atom stereocenters. The van der Waals surface area contributed by atoms with Crippen LogP contribution >= 0.6 is 0 Å². The molecule has 5 atom stereocenters. The summed E-state index contributed by atoms with van der Waals surface area (Å²) in [6.07, 6.45) is -3.33. The van der Waals surface area contributed by atoms with Crippen molar-refractivity contribution in [1.29, 1.82) is 0 Å². The normalized spacial score (nSPS) is 42.6. The highest BCUT2D eigenvalue weighted by Crippen LogP contribution is 2.39. The predicted octanol–water partition coefficient (Wildman–Crippen LogP) is -2.91. The third kappa shape index (κ3) is 1.83. The van der Waals surface area contributed by atoms with E-state index in [-0.39, 0.29) is 12.1 Å². The molecule has 0 amide bonds. The van der Waals surface area contributed by atoms with E-state index in [9.17, 15) is 20.4 Å². The largest absolute Gasteiger partial charge is 0.396 e. The van der Waals surface area contributed by atoms with E-state index in [1.54, 1.807) is 0 Å². The van der Waals surface area contributed by atoms with Gasteiger partial charge in [-0.25, -0.2) is 0 Å². The van der Waals surface area contributed by atoms with Crippen molar-refractivity contribution in [2.24, 2.45) is 5.92 Å². The summed E-state index contributed by atoms with van der Waals surface area (Å²) in [5.41, 5.74) is -1.77. The zero-order valence-electron chi connectivity index (χ0n) is 8.93. The summed E-state index contributed by atoms with van der Waals surface area (Å²) in [4.78, 5) is 0. The summed E-state index contributed by atoms with van der Waals surface area (Å²) in [5, 5.41) is 58.0. The molecule has 6 N–H and O–H groups in total. The maximum absolute atomic E-state index is 10.3. The average molecular weight is 245 g/mol.